The van der Waals surface area contributed by atoms with Crippen molar-refractivity contribution in [3.63, 3.8) is 0 Å². The summed E-state index contributed by atoms with van der Waals surface area (Å²) in [5.74, 6) is -0.455. The van der Waals surface area contributed by atoms with Crippen molar-refractivity contribution in [3.05, 3.63) is 51.7 Å². The molecule has 0 aliphatic rings. The zero-order valence-corrected chi connectivity index (χ0v) is 8.34. The quantitative estimate of drug-likeness (QED) is 0.430. The molecule has 0 aliphatic heterocycles. The van der Waals surface area contributed by atoms with Crippen LogP contribution in [0.15, 0.2) is 36.0 Å². The molecule has 0 amide bonds. The number of nitrogens with zero attached hydrogens (tertiary/aromatic N) is 1. The lowest BCUT2D eigenvalue weighted by Crippen LogP contribution is -2.09. The molecule has 4 nitrogen and oxygen atoms in total. The Hall–Kier alpha value is -1.97. The standard InChI is InChI=1S/C11H11NO3/c1-2-11(13)10(12(14)15)8-9-6-4-3-5-7-9/h3-8H,2H2,1H3/b10-8-. The van der Waals surface area contributed by atoms with Crippen LogP contribution in [-0.2, 0) is 4.79 Å². The maximum Gasteiger partial charge on any atom is 0.312 e. The second-order valence-corrected chi connectivity index (χ2v) is 2.97. The van der Waals surface area contributed by atoms with Gasteiger partial charge < -0.3 is 0 Å². The van der Waals surface area contributed by atoms with E-state index in [1.807, 2.05) is 6.07 Å². The highest BCUT2D eigenvalue weighted by molar-refractivity contribution is 5.96. The van der Waals surface area contributed by atoms with E-state index < -0.39 is 10.7 Å². The number of carbonyl (C=O) groups excluding carboxylic acids is 1. The van der Waals surface area contributed by atoms with Crippen LogP contribution in [0.2, 0.25) is 0 Å². The molecule has 0 aromatic heterocycles. The minimum Gasteiger partial charge on any atom is -0.287 e. The van der Waals surface area contributed by atoms with Crippen molar-refractivity contribution >= 4 is 11.9 Å². The van der Waals surface area contributed by atoms with Crippen LogP contribution in [0.3, 0.4) is 0 Å². The van der Waals surface area contributed by atoms with Crippen LogP contribution >= 0.6 is 0 Å². The van der Waals surface area contributed by atoms with E-state index in [1.54, 1.807) is 31.2 Å². The Morgan fingerprint density at radius 3 is 2.47 bits per heavy atom. The third-order valence-electron chi connectivity index (χ3n) is 1.91. The summed E-state index contributed by atoms with van der Waals surface area (Å²) in [6, 6.07) is 8.77. The maximum atomic E-state index is 11.2. The molecule has 0 heterocycles. The summed E-state index contributed by atoms with van der Waals surface area (Å²) < 4.78 is 0. The average Bonchev–Trinajstić information content (AvgIpc) is 2.26. The third-order valence-corrected chi connectivity index (χ3v) is 1.91. The number of allylic oxidation sites excluding steroid dienone is 1. The molecule has 15 heavy (non-hydrogen) atoms. The lowest BCUT2D eigenvalue weighted by Gasteiger charge is -1.95. The fourth-order valence-electron chi connectivity index (χ4n) is 1.12. The summed E-state index contributed by atoms with van der Waals surface area (Å²) in [6.45, 7) is 1.60. The molecular formula is C11H11NO3. The molecule has 78 valence electrons. The zero-order chi connectivity index (χ0) is 11.3. The molecule has 0 aliphatic carbocycles. The highest BCUT2D eigenvalue weighted by atomic mass is 16.6. The van der Waals surface area contributed by atoms with Crippen molar-refractivity contribution in [2.75, 3.05) is 0 Å². The Balaban J connectivity index is 3.05. The van der Waals surface area contributed by atoms with E-state index in [4.69, 9.17) is 0 Å². The maximum absolute atomic E-state index is 11.2. The van der Waals surface area contributed by atoms with E-state index in [2.05, 4.69) is 0 Å². The molecule has 0 N–H and O–H groups in total. The van der Waals surface area contributed by atoms with Crippen LogP contribution in [0.1, 0.15) is 18.9 Å². The van der Waals surface area contributed by atoms with E-state index in [9.17, 15) is 14.9 Å². The van der Waals surface area contributed by atoms with Crippen LogP contribution in [-0.4, -0.2) is 10.7 Å². The van der Waals surface area contributed by atoms with Crippen molar-refractivity contribution in [1.29, 1.82) is 0 Å². The SMILES string of the molecule is CCC(=O)/C(=C/c1ccccc1)[N+](=O)[O-]. The molecule has 0 bridgehead atoms. The molecule has 1 aromatic carbocycles. The van der Waals surface area contributed by atoms with Crippen LogP contribution in [0.4, 0.5) is 0 Å². The first-order valence-corrected chi connectivity index (χ1v) is 4.59. The van der Waals surface area contributed by atoms with E-state index in [0.717, 1.165) is 0 Å². The summed E-state index contributed by atoms with van der Waals surface area (Å²) in [5, 5.41) is 10.6. The van der Waals surface area contributed by atoms with Gasteiger partial charge in [-0.25, -0.2) is 0 Å². The number of benzene rings is 1. The third kappa shape index (κ3) is 3.02. The van der Waals surface area contributed by atoms with Gasteiger partial charge in [-0.1, -0.05) is 37.3 Å². The lowest BCUT2D eigenvalue weighted by molar-refractivity contribution is -0.417. The van der Waals surface area contributed by atoms with Crippen molar-refractivity contribution in [2.45, 2.75) is 13.3 Å². The fourth-order valence-corrected chi connectivity index (χ4v) is 1.12. The molecule has 0 unspecified atom stereocenters. The van der Waals surface area contributed by atoms with Gasteiger partial charge in [0.05, 0.1) is 4.92 Å². The van der Waals surface area contributed by atoms with Gasteiger partial charge in [0, 0.05) is 12.5 Å². The first-order chi connectivity index (χ1) is 7.15. The Kier molecular flexibility index (Phi) is 3.74. The summed E-state index contributed by atoms with van der Waals surface area (Å²) in [4.78, 5) is 21.2. The molecule has 0 spiro atoms. The number of ketones is 1. The van der Waals surface area contributed by atoms with Gasteiger partial charge in [-0.2, -0.15) is 0 Å². The Morgan fingerprint density at radius 1 is 1.40 bits per heavy atom. The van der Waals surface area contributed by atoms with Crippen LogP contribution in [0.25, 0.3) is 6.08 Å². The Morgan fingerprint density at radius 2 is 2.00 bits per heavy atom. The summed E-state index contributed by atoms with van der Waals surface area (Å²) in [5.41, 5.74) is 0.301. The zero-order valence-electron chi connectivity index (χ0n) is 8.34. The van der Waals surface area contributed by atoms with Gasteiger partial charge in [0.15, 0.2) is 0 Å². The minimum absolute atomic E-state index is 0.139. The monoisotopic (exact) mass is 205 g/mol. The average molecular weight is 205 g/mol. The number of hydrogen-bond donors (Lipinski definition) is 0. The predicted octanol–water partition coefficient (Wildman–Crippen LogP) is 2.28. The largest absolute Gasteiger partial charge is 0.312 e. The van der Waals surface area contributed by atoms with Gasteiger partial charge in [-0.05, 0) is 5.56 Å². The van der Waals surface area contributed by atoms with Crippen molar-refractivity contribution in [3.8, 4) is 0 Å². The molecule has 0 atom stereocenters. The van der Waals surface area contributed by atoms with E-state index >= 15 is 0 Å². The molecule has 0 saturated heterocycles. The summed E-state index contributed by atoms with van der Waals surface area (Å²) in [7, 11) is 0. The molecule has 0 fully saturated rings. The van der Waals surface area contributed by atoms with Crippen molar-refractivity contribution in [2.24, 2.45) is 0 Å². The highest BCUT2D eigenvalue weighted by Crippen LogP contribution is 2.09. The molecule has 1 rings (SSSR count). The Labute approximate surface area is 87.4 Å². The summed E-state index contributed by atoms with van der Waals surface area (Å²) >= 11 is 0. The highest BCUT2D eigenvalue weighted by Gasteiger charge is 2.19. The first-order valence-electron chi connectivity index (χ1n) is 4.59. The molecule has 1 aromatic rings. The number of rotatable bonds is 4. The predicted molar refractivity (Wildman–Crippen MR) is 56.7 cm³/mol. The smallest absolute Gasteiger partial charge is 0.287 e. The van der Waals surface area contributed by atoms with E-state index in [-0.39, 0.29) is 12.1 Å². The van der Waals surface area contributed by atoms with Crippen molar-refractivity contribution in [1.82, 2.24) is 0 Å². The second-order valence-electron chi connectivity index (χ2n) is 2.97. The first kappa shape index (κ1) is 11.1. The van der Waals surface area contributed by atoms with Crippen LogP contribution < -0.4 is 0 Å². The van der Waals surface area contributed by atoms with Crippen molar-refractivity contribution < 1.29 is 9.72 Å². The van der Waals surface area contributed by atoms with Gasteiger partial charge >= 0.3 is 5.70 Å². The molecule has 0 radical (unpaired) electrons. The van der Waals surface area contributed by atoms with Gasteiger partial charge in [-0.3, -0.25) is 14.9 Å². The van der Waals surface area contributed by atoms with Crippen LogP contribution in [0.5, 0.6) is 0 Å². The van der Waals surface area contributed by atoms with E-state index in [0.29, 0.717) is 5.56 Å². The van der Waals surface area contributed by atoms with Gasteiger partial charge in [0.25, 0.3) is 0 Å². The van der Waals surface area contributed by atoms with Crippen LogP contribution in [0, 0.1) is 10.1 Å². The van der Waals surface area contributed by atoms with Gasteiger partial charge in [0.2, 0.25) is 5.78 Å². The summed E-state index contributed by atoms with van der Waals surface area (Å²) in [6.07, 6.45) is 1.44. The molecule has 4 heteroatoms. The number of hydrogen-bond acceptors (Lipinski definition) is 3. The number of Topliss-reactive ketones (excluding diaryl/α,β-unsaturated/α-hetero) is 1. The topological polar surface area (TPSA) is 60.2 Å². The minimum atomic E-state index is -0.640. The second kappa shape index (κ2) is 5.05. The van der Waals surface area contributed by atoms with Gasteiger partial charge in [0.1, 0.15) is 0 Å². The normalized spacial score (nSPS) is 11.1. The van der Waals surface area contributed by atoms with Gasteiger partial charge in [-0.15, -0.1) is 0 Å². The molecule has 0 saturated carbocycles. The number of nitro groups is 1. The molecular weight excluding hydrogens is 194 g/mol. The lowest BCUT2D eigenvalue weighted by atomic mass is 10.1. The fraction of sp³-hybridized carbons (Fsp3) is 0.182. The van der Waals surface area contributed by atoms with E-state index in [1.165, 1.54) is 6.08 Å². The Bertz CT molecular complexity index is 396. The number of carbonyl (C=O) groups is 1.